The first-order valence-electron chi connectivity index (χ1n) is 16.0. The minimum atomic E-state index is -1.26. The maximum atomic E-state index is 14.0. The third-order valence-corrected chi connectivity index (χ3v) is 10.2. The van der Waals surface area contributed by atoms with Crippen LogP contribution in [0.5, 0.6) is 0 Å². The van der Waals surface area contributed by atoms with Crippen molar-refractivity contribution in [3.63, 3.8) is 0 Å². The predicted octanol–water partition coefficient (Wildman–Crippen LogP) is 2.13. The van der Waals surface area contributed by atoms with E-state index in [2.05, 4.69) is 0 Å². The monoisotopic (exact) mass is 766 g/mol. The van der Waals surface area contributed by atoms with E-state index in [1.165, 1.54) is 12.1 Å². The fourth-order valence-electron chi connectivity index (χ4n) is 5.84. The molecule has 8 unspecified atom stereocenters. The van der Waals surface area contributed by atoms with Crippen LogP contribution in [0.2, 0.25) is 0 Å². The van der Waals surface area contributed by atoms with Crippen LogP contribution in [0, 0.1) is 0 Å². The number of fused-ring (bicyclic) bond motifs is 1. The lowest BCUT2D eigenvalue weighted by Gasteiger charge is -2.40. The Hall–Kier alpha value is -4.26. The molecule has 0 aromatic heterocycles. The molecular formula is C34H38O16S2. The smallest absolute Gasteiger partial charge is 0.303 e. The van der Waals surface area contributed by atoms with Gasteiger partial charge in [-0.3, -0.25) is 38.4 Å². The number of ketones is 2. The van der Waals surface area contributed by atoms with Crippen LogP contribution in [-0.4, -0.2) is 121 Å². The molecule has 52 heavy (non-hydrogen) atoms. The molecule has 2 heterocycles. The number of hydrogen-bond donors (Lipinski definition) is 0. The third kappa shape index (κ3) is 10.2. The third-order valence-electron chi connectivity index (χ3n) is 7.72. The molecule has 4 rings (SSSR count). The van der Waals surface area contributed by atoms with Gasteiger partial charge >= 0.3 is 35.8 Å². The Morgan fingerprint density at radius 1 is 0.538 bits per heavy atom. The summed E-state index contributed by atoms with van der Waals surface area (Å²) < 4.78 is 44.2. The molecule has 1 aromatic rings. The van der Waals surface area contributed by atoms with Crippen molar-refractivity contribution < 1.29 is 76.3 Å². The first-order valence-corrected chi connectivity index (χ1v) is 18.0. The van der Waals surface area contributed by atoms with Gasteiger partial charge in [-0.25, -0.2) is 0 Å². The molecule has 8 atom stereocenters. The second kappa shape index (κ2) is 18.0. The van der Waals surface area contributed by atoms with Crippen LogP contribution in [0.4, 0.5) is 0 Å². The van der Waals surface area contributed by atoms with Crippen LogP contribution in [-0.2, 0) is 66.7 Å². The lowest BCUT2D eigenvalue weighted by molar-refractivity contribution is -0.222. The normalized spacial score (nSPS) is 27.1. The van der Waals surface area contributed by atoms with E-state index in [0.717, 1.165) is 65.1 Å². The van der Waals surface area contributed by atoms with Crippen LogP contribution in [0.25, 0.3) is 0 Å². The summed E-state index contributed by atoms with van der Waals surface area (Å²) in [6.45, 7) is 6.41. The molecule has 0 saturated carbocycles. The Morgan fingerprint density at radius 3 is 1.15 bits per heavy atom. The van der Waals surface area contributed by atoms with Crippen molar-refractivity contribution in [1.29, 1.82) is 0 Å². The lowest BCUT2D eigenvalue weighted by atomic mass is 9.94. The molecule has 2 aliphatic heterocycles. The van der Waals surface area contributed by atoms with Gasteiger partial charge in [0.2, 0.25) is 11.6 Å². The summed E-state index contributed by atoms with van der Waals surface area (Å²) >= 11 is 1.88. The minimum Gasteiger partial charge on any atom is -0.456 e. The van der Waals surface area contributed by atoms with E-state index in [1.807, 2.05) is 0 Å². The van der Waals surface area contributed by atoms with Gasteiger partial charge in [0.25, 0.3) is 0 Å². The van der Waals surface area contributed by atoms with E-state index in [-0.39, 0.29) is 45.7 Å². The van der Waals surface area contributed by atoms with Gasteiger partial charge in [-0.15, -0.1) is 23.5 Å². The van der Waals surface area contributed by atoms with E-state index in [9.17, 15) is 38.4 Å². The minimum absolute atomic E-state index is 0.0270. The molecule has 2 saturated heterocycles. The Bertz CT molecular complexity index is 1520. The van der Waals surface area contributed by atoms with E-state index in [1.54, 1.807) is 12.1 Å². The lowest BCUT2D eigenvalue weighted by Crippen LogP contribution is -2.58. The molecule has 18 heteroatoms. The highest BCUT2D eigenvalue weighted by molar-refractivity contribution is 8.08. The summed E-state index contributed by atoms with van der Waals surface area (Å²) in [6.07, 6.45) is -9.18. The van der Waals surface area contributed by atoms with Gasteiger partial charge in [-0.1, -0.05) is 24.3 Å². The second-order valence-electron chi connectivity index (χ2n) is 11.8. The zero-order valence-electron chi connectivity index (χ0n) is 29.1. The van der Waals surface area contributed by atoms with Crippen molar-refractivity contribution in [2.24, 2.45) is 0 Å². The number of benzene rings is 1. The summed E-state index contributed by atoms with van der Waals surface area (Å²) in [5.41, 5.74) is 0.304. The molecule has 16 nitrogen and oxygen atoms in total. The molecule has 0 amide bonds. The van der Waals surface area contributed by atoms with Gasteiger partial charge in [0.15, 0.2) is 36.6 Å². The molecule has 0 spiro atoms. The van der Waals surface area contributed by atoms with Gasteiger partial charge in [0, 0.05) is 64.2 Å². The fourth-order valence-corrected chi connectivity index (χ4v) is 8.36. The van der Waals surface area contributed by atoms with E-state index >= 15 is 0 Å². The number of hydrogen-bond acceptors (Lipinski definition) is 18. The zero-order valence-corrected chi connectivity index (χ0v) is 30.7. The Balaban J connectivity index is 1.66. The predicted molar refractivity (Wildman–Crippen MR) is 180 cm³/mol. The highest BCUT2D eigenvalue weighted by atomic mass is 32.2. The summed E-state index contributed by atoms with van der Waals surface area (Å²) in [6, 6.07) is 6.24. The molecule has 1 aliphatic carbocycles. The van der Waals surface area contributed by atoms with Crippen LogP contribution in [0.1, 0.15) is 62.3 Å². The van der Waals surface area contributed by atoms with Crippen molar-refractivity contribution in [3.8, 4) is 0 Å². The van der Waals surface area contributed by atoms with Crippen LogP contribution in [0.3, 0.4) is 0 Å². The average Bonchev–Trinajstić information content (AvgIpc) is 3.04. The standard InChI is InChI=1S/C34H38O16S2/c1-15(35)45-23-11-43-25(31(49-19(5)39)29(23)47-17(3)37)13-51-33-27(41)21-9-7-8-10-22(21)28(42)34(33)52-14-26-32(50-20(6)40)30(48-18(4)38)24(12-44-26)46-16(2)36/h7-10,23-26,29-32H,11-14H2,1-6H3. The summed E-state index contributed by atoms with van der Waals surface area (Å²) in [5.74, 6) is -5.44. The van der Waals surface area contributed by atoms with Gasteiger partial charge in [-0.05, 0) is 0 Å². The second-order valence-corrected chi connectivity index (χ2v) is 13.9. The number of Topliss-reactive ketones (excluding diaryl/α,β-unsaturated/α-hetero) is 2. The van der Waals surface area contributed by atoms with E-state index in [0.29, 0.717) is 0 Å². The first kappa shape index (κ1) is 40.5. The molecule has 2 fully saturated rings. The van der Waals surface area contributed by atoms with E-state index < -0.39 is 96.2 Å². The number of rotatable bonds is 12. The van der Waals surface area contributed by atoms with Gasteiger partial charge in [0.05, 0.1) is 23.0 Å². The number of thioether (sulfide) groups is 2. The molecule has 0 N–H and O–H groups in total. The molecule has 0 radical (unpaired) electrons. The molecule has 1 aromatic carbocycles. The van der Waals surface area contributed by atoms with Gasteiger partial charge in [-0.2, -0.15) is 0 Å². The number of ether oxygens (including phenoxy) is 8. The maximum absolute atomic E-state index is 14.0. The number of esters is 6. The van der Waals surface area contributed by atoms with Crippen LogP contribution < -0.4 is 0 Å². The van der Waals surface area contributed by atoms with Crippen molar-refractivity contribution in [3.05, 3.63) is 45.2 Å². The van der Waals surface area contributed by atoms with Crippen molar-refractivity contribution in [1.82, 2.24) is 0 Å². The SMILES string of the molecule is CC(=O)OC1COC(CSC2=C(SCC3OCC(OC(C)=O)C(OC(C)=O)C3OC(C)=O)C(=O)c3ccccc3C2=O)C(OC(C)=O)C1OC(C)=O. The average molecular weight is 767 g/mol. The Kier molecular flexibility index (Phi) is 14.0. The molecule has 3 aliphatic rings. The number of carbonyl (C=O) groups is 8. The maximum Gasteiger partial charge on any atom is 0.303 e. The zero-order chi connectivity index (χ0) is 38.3. The van der Waals surface area contributed by atoms with Gasteiger partial charge < -0.3 is 37.9 Å². The first-order chi connectivity index (χ1) is 24.6. The number of allylic oxidation sites excluding steroid dienone is 2. The molecule has 0 bridgehead atoms. The Morgan fingerprint density at radius 2 is 0.846 bits per heavy atom. The quantitative estimate of drug-likeness (QED) is 0.220. The highest BCUT2D eigenvalue weighted by Crippen LogP contribution is 2.41. The van der Waals surface area contributed by atoms with Crippen molar-refractivity contribution in [2.75, 3.05) is 24.7 Å². The largest absolute Gasteiger partial charge is 0.456 e. The molecular weight excluding hydrogens is 728 g/mol. The summed E-state index contributed by atoms with van der Waals surface area (Å²) in [7, 11) is 0. The van der Waals surface area contributed by atoms with Crippen LogP contribution >= 0.6 is 23.5 Å². The van der Waals surface area contributed by atoms with E-state index in [4.69, 9.17) is 37.9 Å². The van der Waals surface area contributed by atoms with Gasteiger partial charge in [0.1, 0.15) is 12.2 Å². The Labute approximate surface area is 306 Å². The summed E-state index contributed by atoms with van der Waals surface area (Å²) in [5, 5.41) is 0. The van der Waals surface area contributed by atoms with Crippen molar-refractivity contribution in [2.45, 2.75) is 90.4 Å². The van der Waals surface area contributed by atoms with Crippen molar-refractivity contribution >= 4 is 70.9 Å². The molecule has 282 valence electrons. The fraction of sp³-hybridized carbons (Fsp3) is 0.529. The summed E-state index contributed by atoms with van der Waals surface area (Å²) in [4.78, 5) is 99.9. The topological polar surface area (TPSA) is 210 Å². The van der Waals surface area contributed by atoms with Crippen LogP contribution in [0.15, 0.2) is 34.1 Å². The number of carbonyl (C=O) groups excluding carboxylic acids is 8. The highest BCUT2D eigenvalue weighted by Gasteiger charge is 2.49.